The molecule has 1 atom stereocenters. The number of hydrogen-bond acceptors (Lipinski definition) is 8. The monoisotopic (exact) mass is 497 g/mol. The van der Waals surface area contributed by atoms with Crippen molar-refractivity contribution in [1.82, 2.24) is 14.9 Å². The SMILES string of the molecule is COc1ccc(CCNC(=O)C(=O)NC[C@@H]2OCCCN2S(=O)(=O)c2cccs2)cc1OC. The van der Waals surface area contributed by atoms with E-state index in [1.807, 2.05) is 6.07 Å². The first kappa shape index (κ1) is 25.0. The van der Waals surface area contributed by atoms with Crippen molar-refractivity contribution in [3.8, 4) is 11.5 Å². The Labute approximate surface area is 196 Å². The molecule has 0 spiro atoms. The Kier molecular flexibility index (Phi) is 8.67. The lowest BCUT2D eigenvalue weighted by Crippen LogP contribution is -2.53. The minimum absolute atomic E-state index is 0.132. The maximum absolute atomic E-state index is 12.8. The highest BCUT2D eigenvalue weighted by atomic mass is 32.2. The molecule has 0 bridgehead atoms. The first-order valence-electron chi connectivity index (χ1n) is 10.3. The van der Waals surface area contributed by atoms with E-state index in [-0.39, 0.29) is 23.8 Å². The zero-order valence-electron chi connectivity index (χ0n) is 18.4. The molecule has 1 aliphatic heterocycles. The summed E-state index contributed by atoms with van der Waals surface area (Å²) in [6.07, 6.45) is 0.151. The van der Waals surface area contributed by atoms with Crippen LogP contribution in [0.15, 0.2) is 39.9 Å². The Hall–Kier alpha value is -2.67. The second-order valence-corrected chi connectivity index (χ2v) is 10.2. The third-order valence-corrected chi connectivity index (χ3v) is 8.26. The first-order valence-corrected chi connectivity index (χ1v) is 12.6. The number of carbonyl (C=O) groups excluding carboxylic acids is 2. The molecular weight excluding hydrogens is 470 g/mol. The van der Waals surface area contributed by atoms with Crippen molar-refractivity contribution in [3.05, 3.63) is 41.3 Å². The highest BCUT2D eigenvalue weighted by molar-refractivity contribution is 7.91. The van der Waals surface area contributed by atoms with Gasteiger partial charge in [-0.2, -0.15) is 4.31 Å². The molecule has 0 saturated carbocycles. The predicted octanol–water partition coefficient (Wildman–Crippen LogP) is 0.978. The van der Waals surface area contributed by atoms with Gasteiger partial charge in [0.2, 0.25) is 0 Å². The average Bonchev–Trinajstić information content (AvgIpc) is 3.38. The quantitative estimate of drug-likeness (QED) is 0.495. The summed E-state index contributed by atoms with van der Waals surface area (Å²) in [5.74, 6) is -0.484. The molecule has 1 saturated heterocycles. The van der Waals surface area contributed by atoms with Gasteiger partial charge in [0.25, 0.3) is 10.0 Å². The van der Waals surface area contributed by atoms with E-state index in [0.717, 1.165) is 16.9 Å². The number of nitrogens with one attached hydrogen (secondary N) is 2. The molecule has 1 aromatic carbocycles. The Balaban J connectivity index is 1.50. The summed E-state index contributed by atoms with van der Waals surface area (Å²) >= 11 is 1.11. The van der Waals surface area contributed by atoms with Crippen LogP contribution in [-0.4, -0.2) is 71.2 Å². The third-order valence-electron chi connectivity index (χ3n) is 5.00. The number of hydrogen-bond donors (Lipinski definition) is 2. The van der Waals surface area contributed by atoms with E-state index in [1.54, 1.807) is 30.7 Å². The van der Waals surface area contributed by atoms with Crippen LogP contribution in [0.1, 0.15) is 12.0 Å². The van der Waals surface area contributed by atoms with Gasteiger partial charge in [0.15, 0.2) is 11.5 Å². The number of carbonyl (C=O) groups is 2. The summed E-state index contributed by atoms with van der Waals surface area (Å²) in [5.41, 5.74) is 0.901. The molecular formula is C21H27N3O7S2. The molecule has 10 nitrogen and oxygen atoms in total. The Bertz CT molecular complexity index is 1060. The van der Waals surface area contributed by atoms with E-state index in [1.165, 1.54) is 17.5 Å². The smallest absolute Gasteiger partial charge is 0.309 e. The molecule has 3 rings (SSSR count). The fourth-order valence-corrected chi connectivity index (χ4v) is 6.01. The fraction of sp³-hybridized carbons (Fsp3) is 0.429. The van der Waals surface area contributed by atoms with E-state index < -0.39 is 28.1 Å². The molecule has 2 heterocycles. The molecule has 0 radical (unpaired) electrons. The van der Waals surface area contributed by atoms with Crippen molar-refractivity contribution < 1.29 is 32.2 Å². The van der Waals surface area contributed by atoms with Crippen LogP contribution in [0.25, 0.3) is 0 Å². The Morgan fingerprint density at radius 2 is 1.91 bits per heavy atom. The minimum atomic E-state index is -3.74. The summed E-state index contributed by atoms with van der Waals surface area (Å²) in [7, 11) is -0.650. The molecule has 0 unspecified atom stereocenters. The first-order chi connectivity index (χ1) is 15.9. The maximum atomic E-state index is 12.8. The molecule has 1 aliphatic rings. The summed E-state index contributed by atoms with van der Waals surface area (Å²) in [4.78, 5) is 24.4. The topological polar surface area (TPSA) is 123 Å². The van der Waals surface area contributed by atoms with Gasteiger partial charge in [-0.1, -0.05) is 12.1 Å². The van der Waals surface area contributed by atoms with Crippen molar-refractivity contribution in [3.63, 3.8) is 0 Å². The van der Waals surface area contributed by atoms with Gasteiger partial charge < -0.3 is 24.8 Å². The van der Waals surface area contributed by atoms with Crippen molar-refractivity contribution in [2.75, 3.05) is 40.5 Å². The zero-order valence-corrected chi connectivity index (χ0v) is 20.0. The zero-order chi connectivity index (χ0) is 23.8. The molecule has 12 heteroatoms. The highest BCUT2D eigenvalue weighted by Gasteiger charge is 2.35. The lowest BCUT2D eigenvalue weighted by Gasteiger charge is -2.34. The minimum Gasteiger partial charge on any atom is -0.493 e. The van der Waals surface area contributed by atoms with Gasteiger partial charge in [0.1, 0.15) is 10.4 Å². The van der Waals surface area contributed by atoms with E-state index in [0.29, 0.717) is 30.9 Å². The van der Waals surface area contributed by atoms with Gasteiger partial charge in [-0.05, 0) is 42.0 Å². The van der Waals surface area contributed by atoms with Gasteiger partial charge >= 0.3 is 11.8 Å². The van der Waals surface area contributed by atoms with Crippen molar-refractivity contribution >= 4 is 33.2 Å². The molecule has 1 fully saturated rings. The van der Waals surface area contributed by atoms with Gasteiger partial charge in [0.05, 0.1) is 27.4 Å². The number of ether oxygens (including phenoxy) is 3. The van der Waals surface area contributed by atoms with E-state index in [2.05, 4.69) is 10.6 Å². The van der Waals surface area contributed by atoms with E-state index in [9.17, 15) is 18.0 Å². The van der Waals surface area contributed by atoms with Crippen LogP contribution in [-0.2, 0) is 30.8 Å². The van der Waals surface area contributed by atoms with E-state index >= 15 is 0 Å². The van der Waals surface area contributed by atoms with Crippen LogP contribution in [0.4, 0.5) is 0 Å². The molecule has 180 valence electrons. The van der Waals surface area contributed by atoms with Crippen molar-refractivity contribution in [2.24, 2.45) is 0 Å². The van der Waals surface area contributed by atoms with Crippen LogP contribution in [0, 0.1) is 0 Å². The molecule has 2 N–H and O–H groups in total. The van der Waals surface area contributed by atoms with Gasteiger partial charge in [-0.25, -0.2) is 8.42 Å². The van der Waals surface area contributed by atoms with Crippen LogP contribution in [0.5, 0.6) is 11.5 Å². The van der Waals surface area contributed by atoms with Gasteiger partial charge in [-0.15, -0.1) is 11.3 Å². The lowest BCUT2D eigenvalue weighted by molar-refractivity contribution is -0.140. The number of sulfonamides is 1. The molecule has 1 aromatic heterocycles. The molecule has 33 heavy (non-hydrogen) atoms. The second-order valence-electron chi connectivity index (χ2n) is 7.13. The highest BCUT2D eigenvalue weighted by Crippen LogP contribution is 2.27. The lowest BCUT2D eigenvalue weighted by atomic mass is 10.1. The maximum Gasteiger partial charge on any atom is 0.309 e. The van der Waals surface area contributed by atoms with Crippen molar-refractivity contribution in [2.45, 2.75) is 23.3 Å². The van der Waals surface area contributed by atoms with Crippen LogP contribution in [0.3, 0.4) is 0 Å². The van der Waals surface area contributed by atoms with Crippen LogP contribution in [0.2, 0.25) is 0 Å². The van der Waals surface area contributed by atoms with Crippen LogP contribution < -0.4 is 20.1 Å². The number of amides is 2. The number of benzene rings is 1. The summed E-state index contributed by atoms with van der Waals surface area (Å²) in [6, 6.07) is 8.59. The van der Waals surface area contributed by atoms with Gasteiger partial charge in [-0.3, -0.25) is 9.59 Å². The summed E-state index contributed by atoms with van der Waals surface area (Å²) in [6.45, 7) is 0.750. The predicted molar refractivity (Wildman–Crippen MR) is 122 cm³/mol. The molecule has 2 amide bonds. The number of nitrogens with zero attached hydrogens (tertiary/aromatic N) is 1. The Morgan fingerprint density at radius 3 is 2.61 bits per heavy atom. The largest absolute Gasteiger partial charge is 0.493 e. The van der Waals surface area contributed by atoms with E-state index in [4.69, 9.17) is 14.2 Å². The standard InChI is InChI=1S/C21H27N3O7S2/c1-29-16-7-6-15(13-17(16)30-2)8-9-22-20(25)21(26)23-14-18-24(10-4-11-31-18)33(27,28)19-5-3-12-32-19/h3,5-7,12-13,18H,4,8-11,14H2,1-2H3,(H,22,25)(H,23,26)/t18-/m0/s1. The third kappa shape index (κ3) is 6.22. The second kappa shape index (κ2) is 11.5. The number of methoxy groups -OCH3 is 2. The van der Waals surface area contributed by atoms with Gasteiger partial charge in [0, 0.05) is 13.1 Å². The summed E-state index contributed by atoms with van der Waals surface area (Å²) in [5, 5.41) is 6.70. The summed E-state index contributed by atoms with van der Waals surface area (Å²) < 4.78 is 43.1. The molecule has 2 aromatic rings. The van der Waals surface area contributed by atoms with Crippen LogP contribution >= 0.6 is 11.3 Å². The fourth-order valence-electron chi connectivity index (χ4n) is 3.33. The Morgan fingerprint density at radius 1 is 1.15 bits per heavy atom. The number of thiophene rings is 1. The normalized spacial score (nSPS) is 16.7. The molecule has 0 aliphatic carbocycles. The average molecular weight is 498 g/mol. The number of rotatable bonds is 9. The van der Waals surface area contributed by atoms with Crippen molar-refractivity contribution in [1.29, 1.82) is 0 Å².